The van der Waals surface area contributed by atoms with E-state index in [4.69, 9.17) is 0 Å². The zero-order valence-electron chi connectivity index (χ0n) is 16.1. The van der Waals surface area contributed by atoms with Crippen molar-refractivity contribution < 1.29 is 13.2 Å². The number of piperazine rings is 1. The van der Waals surface area contributed by atoms with Crippen LogP contribution in [0.1, 0.15) is 27.1 Å². The third kappa shape index (κ3) is 4.17. The smallest absolute Gasteiger partial charge is 0.253 e. The van der Waals surface area contributed by atoms with Crippen molar-refractivity contribution >= 4 is 32.9 Å². The van der Waals surface area contributed by atoms with Crippen LogP contribution in [0.3, 0.4) is 0 Å². The van der Waals surface area contributed by atoms with Crippen LogP contribution in [0.4, 0.5) is 0 Å². The molecule has 1 saturated heterocycles. The molecule has 0 unspecified atom stereocenters. The van der Waals surface area contributed by atoms with Crippen LogP contribution in [0.25, 0.3) is 5.65 Å². The molecule has 9 nitrogen and oxygen atoms in total. The number of likely N-dealkylation sites (N-methyl/N-ethyl adjacent to an activating group) is 1. The largest absolute Gasteiger partial charge is 0.347 e. The summed E-state index contributed by atoms with van der Waals surface area (Å²) in [5.74, 6) is 0.429. The van der Waals surface area contributed by atoms with Gasteiger partial charge in [0.1, 0.15) is 0 Å². The molecule has 0 aromatic carbocycles. The lowest BCUT2D eigenvalue weighted by molar-refractivity contribution is 0.0950. The van der Waals surface area contributed by atoms with Gasteiger partial charge in [-0.1, -0.05) is 6.07 Å². The van der Waals surface area contributed by atoms with Crippen LogP contribution in [-0.2, 0) is 16.6 Å². The van der Waals surface area contributed by atoms with Crippen LogP contribution >= 0.6 is 11.3 Å². The normalized spacial score (nSPS) is 18.9. The minimum atomic E-state index is -3.29. The molecule has 3 aromatic heterocycles. The minimum absolute atomic E-state index is 0.185. The van der Waals surface area contributed by atoms with E-state index in [9.17, 15) is 13.2 Å². The topological polar surface area (TPSA) is 99.9 Å². The van der Waals surface area contributed by atoms with Gasteiger partial charge in [-0.15, -0.1) is 21.5 Å². The summed E-state index contributed by atoms with van der Waals surface area (Å²) in [6.07, 6.45) is 2.93. The summed E-state index contributed by atoms with van der Waals surface area (Å²) >= 11 is 1.59. The molecule has 1 amide bonds. The maximum Gasteiger partial charge on any atom is 0.253 e. The van der Waals surface area contributed by atoms with Crippen LogP contribution < -0.4 is 5.32 Å². The summed E-state index contributed by atoms with van der Waals surface area (Å²) < 4.78 is 27.2. The number of amides is 1. The average Bonchev–Trinajstić information content (AvgIpc) is 3.35. The second-order valence-electron chi connectivity index (χ2n) is 7.08. The molecule has 1 fully saturated rings. The number of thiophene rings is 1. The van der Waals surface area contributed by atoms with Crippen LogP contribution in [0.2, 0.25) is 0 Å². The maximum atomic E-state index is 12.6. The molecule has 4 heterocycles. The monoisotopic (exact) mass is 434 g/mol. The Bertz CT molecular complexity index is 1130. The van der Waals surface area contributed by atoms with Crippen molar-refractivity contribution in [1.82, 2.24) is 29.1 Å². The molecule has 3 aromatic rings. The van der Waals surface area contributed by atoms with Gasteiger partial charge in [0.15, 0.2) is 11.5 Å². The molecular formula is C18H22N6O3S2. The van der Waals surface area contributed by atoms with Gasteiger partial charge >= 0.3 is 0 Å². The zero-order valence-corrected chi connectivity index (χ0v) is 17.8. The van der Waals surface area contributed by atoms with E-state index in [-0.39, 0.29) is 11.9 Å². The van der Waals surface area contributed by atoms with E-state index >= 15 is 0 Å². The predicted molar refractivity (Wildman–Crippen MR) is 110 cm³/mol. The van der Waals surface area contributed by atoms with E-state index in [1.54, 1.807) is 34.1 Å². The Morgan fingerprint density at radius 1 is 1.28 bits per heavy atom. The first-order valence-corrected chi connectivity index (χ1v) is 11.9. The Morgan fingerprint density at radius 2 is 2.10 bits per heavy atom. The second-order valence-corrected chi connectivity index (χ2v) is 10.1. The molecule has 0 spiro atoms. The minimum Gasteiger partial charge on any atom is -0.347 e. The Balaban J connectivity index is 1.60. The van der Waals surface area contributed by atoms with Gasteiger partial charge in [0.25, 0.3) is 5.91 Å². The van der Waals surface area contributed by atoms with Crippen molar-refractivity contribution in [1.29, 1.82) is 0 Å². The lowest BCUT2D eigenvalue weighted by atomic mass is 10.2. The van der Waals surface area contributed by atoms with Crippen LogP contribution in [0, 0.1) is 0 Å². The molecule has 154 valence electrons. The Hall–Kier alpha value is -2.34. The number of hydrogen-bond donors (Lipinski definition) is 1. The molecule has 0 bridgehead atoms. The molecule has 29 heavy (non-hydrogen) atoms. The number of carbonyl (C=O) groups excluding carboxylic acids is 1. The first-order chi connectivity index (χ1) is 13.8. The van der Waals surface area contributed by atoms with Gasteiger partial charge in [0, 0.05) is 30.7 Å². The fourth-order valence-corrected chi connectivity index (χ4v) is 4.85. The quantitative estimate of drug-likeness (QED) is 0.642. The fraction of sp³-hybridized carbons (Fsp3) is 0.389. The summed E-state index contributed by atoms with van der Waals surface area (Å²) in [5.41, 5.74) is 1.10. The summed E-state index contributed by atoms with van der Waals surface area (Å²) in [6, 6.07) is 7.12. The number of aromatic nitrogens is 3. The molecule has 1 atom stereocenters. The van der Waals surface area contributed by atoms with Crippen molar-refractivity contribution in [2.45, 2.75) is 12.6 Å². The van der Waals surface area contributed by atoms with E-state index in [0.717, 1.165) is 4.88 Å². The lowest BCUT2D eigenvalue weighted by Gasteiger charge is -2.37. The first-order valence-electron chi connectivity index (χ1n) is 9.13. The van der Waals surface area contributed by atoms with Crippen molar-refractivity contribution in [3.63, 3.8) is 0 Å². The van der Waals surface area contributed by atoms with Crippen LogP contribution in [0.5, 0.6) is 0 Å². The van der Waals surface area contributed by atoms with Crippen molar-refractivity contribution in [3.05, 3.63) is 52.1 Å². The van der Waals surface area contributed by atoms with E-state index in [0.29, 0.717) is 43.2 Å². The number of pyridine rings is 1. The Kier molecular flexibility index (Phi) is 5.38. The second kappa shape index (κ2) is 7.82. The van der Waals surface area contributed by atoms with Crippen molar-refractivity contribution in [2.24, 2.45) is 0 Å². The molecule has 1 aliphatic heterocycles. The third-order valence-corrected chi connectivity index (χ3v) is 7.22. The van der Waals surface area contributed by atoms with Crippen molar-refractivity contribution in [2.75, 3.05) is 32.9 Å². The number of sulfonamides is 1. The number of hydrogen-bond acceptors (Lipinski definition) is 7. The third-order valence-electron chi connectivity index (χ3n) is 5.07. The van der Waals surface area contributed by atoms with Gasteiger partial charge in [-0.25, -0.2) is 8.42 Å². The van der Waals surface area contributed by atoms with E-state index < -0.39 is 10.0 Å². The summed E-state index contributed by atoms with van der Waals surface area (Å²) in [5, 5.41) is 13.4. The highest BCUT2D eigenvalue weighted by molar-refractivity contribution is 7.88. The molecule has 1 aliphatic rings. The predicted octanol–water partition coefficient (Wildman–Crippen LogP) is 0.969. The van der Waals surface area contributed by atoms with Gasteiger partial charge in [0.05, 0.1) is 24.4 Å². The van der Waals surface area contributed by atoms with Crippen molar-refractivity contribution in [3.8, 4) is 0 Å². The van der Waals surface area contributed by atoms with E-state index in [1.165, 1.54) is 10.6 Å². The molecule has 11 heteroatoms. The van der Waals surface area contributed by atoms with Gasteiger partial charge in [-0.2, -0.15) is 4.31 Å². The Morgan fingerprint density at radius 3 is 2.83 bits per heavy atom. The molecule has 1 N–H and O–H groups in total. The standard InChI is InChI=1S/C18H22N6O3S2/c1-22-7-8-23(29(2,26)27)12-15(22)17-21-20-16-6-5-13(11-24(16)17)18(25)19-10-14-4-3-9-28-14/h3-6,9,11,15H,7-8,10,12H2,1-2H3,(H,19,25)/t15-/m0/s1. The average molecular weight is 435 g/mol. The summed E-state index contributed by atoms with van der Waals surface area (Å²) in [4.78, 5) is 15.7. The van der Waals surface area contributed by atoms with Crippen LogP contribution in [-0.4, -0.2) is 71.1 Å². The highest BCUT2D eigenvalue weighted by atomic mass is 32.2. The van der Waals surface area contributed by atoms with E-state index in [2.05, 4.69) is 20.4 Å². The number of carbonyl (C=O) groups is 1. The van der Waals surface area contributed by atoms with Gasteiger partial charge in [-0.05, 0) is 30.6 Å². The van der Waals surface area contributed by atoms with Crippen LogP contribution in [0.15, 0.2) is 35.8 Å². The highest BCUT2D eigenvalue weighted by Crippen LogP contribution is 2.24. The highest BCUT2D eigenvalue weighted by Gasteiger charge is 2.33. The number of nitrogens with one attached hydrogen (secondary N) is 1. The summed E-state index contributed by atoms with van der Waals surface area (Å²) in [6.45, 7) is 1.80. The van der Waals surface area contributed by atoms with E-state index in [1.807, 2.05) is 24.6 Å². The molecule has 4 rings (SSSR count). The maximum absolute atomic E-state index is 12.6. The summed E-state index contributed by atoms with van der Waals surface area (Å²) in [7, 11) is -1.36. The SMILES string of the molecule is CN1CCN(S(C)(=O)=O)C[C@H]1c1nnc2ccc(C(=O)NCc3cccs3)cn12. The van der Waals surface area contributed by atoms with Gasteiger partial charge < -0.3 is 5.32 Å². The molecular weight excluding hydrogens is 412 g/mol. The fourth-order valence-electron chi connectivity index (χ4n) is 3.38. The lowest BCUT2D eigenvalue weighted by Crippen LogP contribution is -2.49. The molecule has 0 saturated carbocycles. The first kappa shape index (κ1) is 20.0. The number of fused-ring (bicyclic) bond motifs is 1. The molecule has 0 aliphatic carbocycles. The molecule has 0 radical (unpaired) electrons. The number of rotatable bonds is 5. The Labute approximate surface area is 173 Å². The van der Waals surface area contributed by atoms with Gasteiger partial charge in [0.2, 0.25) is 10.0 Å². The van der Waals surface area contributed by atoms with Gasteiger partial charge in [-0.3, -0.25) is 14.1 Å². The number of nitrogens with zero attached hydrogens (tertiary/aromatic N) is 5. The zero-order chi connectivity index (χ0) is 20.6.